The topological polar surface area (TPSA) is 38.3 Å². The third kappa shape index (κ3) is 2.14. The first-order valence-corrected chi connectivity index (χ1v) is 7.51. The SMILES string of the molecule is [O-][S+](c1ccc(F)c(Cl)c1)N1C2CC[C@@H]1CNC2. The summed E-state index contributed by atoms with van der Waals surface area (Å²) in [6.45, 7) is 1.74. The quantitative estimate of drug-likeness (QED) is 0.845. The molecule has 1 aromatic carbocycles. The van der Waals surface area contributed by atoms with Gasteiger partial charge >= 0.3 is 0 Å². The summed E-state index contributed by atoms with van der Waals surface area (Å²) < 4.78 is 27.7. The number of nitrogens with one attached hydrogen (secondary N) is 1. The van der Waals surface area contributed by atoms with Crippen LogP contribution in [-0.4, -0.2) is 34.0 Å². The van der Waals surface area contributed by atoms with Gasteiger partial charge in [-0.25, -0.2) is 4.39 Å². The molecule has 0 spiro atoms. The van der Waals surface area contributed by atoms with E-state index in [2.05, 4.69) is 5.32 Å². The third-order valence-electron chi connectivity index (χ3n) is 3.60. The fraction of sp³-hybridized carbons (Fsp3) is 0.500. The maximum atomic E-state index is 13.1. The Morgan fingerprint density at radius 3 is 2.61 bits per heavy atom. The number of halogens is 2. The molecular formula is C12H14ClFN2OS. The van der Waals surface area contributed by atoms with Crippen LogP contribution in [0, 0.1) is 5.82 Å². The van der Waals surface area contributed by atoms with Crippen molar-refractivity contribution in [3.8, 4) is 0 Å². The summed E-state index contributed by atoms with van der Waals surface area (Å²) in [7, 11) is 0. The summed E-state index contributed by atoms with van der Waals surface area (Å²) in [4.78, 5) is 0.584. The van der Waals surface area contributed by atoms with E-state index >= 15 is 0 Å². The summed E-state index contributed by atoms with van der Waals surface area (Å²) in [6.07, 6.45) is 2.14. The molecule has 2 aliphatic heterocycles. The number of benzene rings is 1. The molecule has 2 fully saturated rings. The molecule has 3 nitrogen and oxygen atoms in total. The Labute approximate surface area is 114 Å². The highest BCUT2D eigenvalue weighted by Crippen LogP contribution is 2.33. The lowest BCUT2D eigenvalue weighted by atomic mass is 10.2. The van der Waals surface area contributed by atoms with Crippen molar-refractivity contribution in [2.24, 2.45) is 0 Å². The fourth-order valence-corrected chi connectivity index (χ4v) is 4.51. The Morgan fingerprint density at radius 2 is 2.00 bits per heavy atom. The van der Waals surface area contributed by atoms with E-state index in [0.29, 0.717) is 17.0 Å². The zero-order valence-corrected chi connectivity index (χ0v) is 11.3. The normalized spacial score (nSPS) is 29.5. The van der Waals surface area contributed by atoms with Crippen molar-refractivity contribution in [1.29, 1.82) is 0 Å². The molecule has 1 N–H and O–H groups in total. The molecular weight excluding hydrogens is 275 g/mol. The monoisotopic (exact) mass is 288 g/mol. The maximum Gasteiger partial charge on any atom is 0.175 e. The summed E-state index contributed by atoms with van der Waals surface area (Å²) >= 11 is 4.50. The predicted octanol–water partition coefficient (Wildman–Crippen LogP) is 1.94. The number of piperazine rings is 1. The number of hydrogen-bond donors (Lipinski definition) is 1. The van der Waals surface area contributed by atoms with Crippen LogP contribution in [0.25, 0.3) is 0 Å². The van der Waals surface area contributed by atoms with Gasteiger partial charge < -0.3 is 9.87 Å². The molecule has 2 heterocycles. The Morgan fingerprint density at radius 1 is 1.33 bits per heavy atom. The molecule has 0 aromatic heterocycles. The molecule has 0 saturated carbocycles. The highest BCUT2D eigenvalue weighted by atomic mass is 35.5. The van der Waals surface area contributed by atoms with Gasteiger partial charge in [-0.2, -0.15) is 0 Å². The van der Waals surface area contributed by atoms with Crippen LogP contribution in [0.1, 0.15) is 12.8 Å². The van der Waals surface area contributed by atoms with Crippen molar-refractivity contribution in [3.63, 3.8) is 0 Å². The number of nitrogens with zero attached hydrogens (tertiary/aromatic N) is 1. The highest BCUT2D eigenvalue weighted by molar-refractivity contribution is 7.89. The Hall–Kier alpha value is -0.330. The van der Waals surface area contributed by atoms with Crippen LogP contribution in [0.4, 0.5) is 4.39 Å². The van der Waals surface area contributed by atoms with E-state index in [0.717, 1.165) is 25.9 Å². The van der Waals surface area contributed by atoms with E-state index in [9.17, 15) is 8.94 Å². The van der Waals surface area contributed by atoms with Gasteiger partial charge in [-0.1, -0.05) is 11.6 Å². The minimum absolute atomic E-state index is 0.0309. The average molecular weight is 289 g/mol. The lowest BCUT2D eigenvalue weighted by Gasteiger charge is -2.34. The van der Waals surface area contributed by atoms with Crippen LogP contribution in [0.15, 0.2) is 23.1 Å². The molecule has 0 amide bonds. The second-order valence-electron chi connectivity index (χ2n) is 4.73. The molecule has 3 atom stereocenters. The van der Waals surface area contributed by atoms with Crippen molar-refractivity contribution in [1.82, 2.24) is 9.62 Å². The predicted molar refractivity (Wildman–Crippen MR) is 69.3 cm³/mol. The zero-order valence-electron chi connectivity index (χ0n) is 9.73. The van der Waals surface area contributed by atoms with Crippen LogP contribution in [-0.2, 0) is 11.4 Å². The van der Waals surface area contributed by atoms with Gasteiger partial charge in [0.2, 0.25) is 0 Å². The molecule has 2 unspecified atom stereocenters. The van der Waals surface area contributed by atoms with E-state index in [1.807, 2.05) is 4.31 Å². The van der Waals surface area contributed by atoms with Crippen LogP contribution in [0.3, 0.4) is 0 Å². The molecule has 18 heavy (non-hydrogen) atoms. The standard InChI is InChI=1S/C12H14ClFN2OS/c13-11-5-10(3-4-12(11)14)18(17)16-8-1-2-9(16)7-15-6-8/h3-5,8-9,15H,1-2,6-7H2/t8-,9?,18?/m1/s1. The summed E-state index contributed by atoms with van der Waals surface area (Å²) in [6, 6.07) is 4.93. The van der Waals surface area contributed by atoms with Crippen molar-refractivity contribution in [2.45, 2.75) is 29.8 Å². The van der Waals surface area contributed by atoms with Gasteiger partial charge in [0.25, 0.3) is 0 Å². The lowest BCUT2D eigenvalue weighted by Crippen LogP contribution is -2.53. The first-order valence-electron chi connectivity index (χ1n) is 6.03. The fourth-order valence-electron chi connectivity index (χ4n) is 2.72. The molecule has 2 bridgehead atoms. The van der Waals surface area contributed by atoms with Crippen LogP contribution in [0.5, 0.6) is 0 Å². The Kier molecular flexibility index (Phi) is 3.51. The first kappa shape index (κ1) is 12.7. The number of rotatable bonds is 2. The number of fused-ring (bicyclic) bond motifs is 2. The van der Waals surface area contributed by atoms with E-state index in [1.54, 1.807) is 6.07 Å². The van der Waals surface area contributed by atoms with E-state index in [4.69, 9.17) is 11.6 Å². The van der Waals surface area contributed by atoms with Gasteiger partial charge in [-0.3, -0.25) is 0 Å². The van der Waals surface area contributed by atoms with E-state index < -0.39 is 17.2 Å². The van der Waals surface area contributed by atoms with Gasteiger partial charge in [-0.15, -0.1) is 4.31 Å². The van der Waals surface area contributed by atoms with Crippen LogP contribution < -0.4 is 5.32 Å². The molecule has 0 aliphatic carbocycles. The molecule has 0 radical (unpaired) electrons. The minimum Gasteiger partial charge on any atom is -0.593 e. The smallest absolute Gasteiger partial charge is 0.175 e. The van der Waals surface area contributed by atoms with Gasteiger partial charge in [-0.05, 0) is 25.0 Å². The molecule has 6 heteroatoms. The summed E-state index contributed by atoms with van der Waals surface area (Å²) in [5, 5.41) is 3.37. The van der Waals surface area contributed by atoms with Crippen molar-refractivity contribution < 1.29 is 8.94 Å². The minimum atomic E-state index is -1.24. The van der Waals surface area contributed by atoms with Gasteiger partial charge in [0.05, 0.1) is 28.5 Å². The zero-order chi connectivity index (χ0) is 12.7. The highest BCUT2D eigenvalue weighted by Gasteiger charge is 2.44. The Balaban J connectivity index is 1.85. The third-order valence-corrected chi connectivity index (χ3v) is 5.52. The van der Waals surface area contributed by atoms with Crippen LogP contribution in [0.2, 0.25) is 5.02 Å². The Bertz CT molecular complexity index is 446. The molecule has 2 saturated heterocycles. The van der Waals surface area contributed by atoms with Crippen molar-refractivity contribution >= 4 is 23.0 Å². The van der Waals surface area contributed by atoms with E-state index in [1.165, 1.54) is 12.1 Å². The summed E-state index contributed by atoms with van der Waals surface area (Å²) in [5.74, 6) is -0.472. The molecule has 3 rings (SSSR count). The number of hydrogen-bond acceptors (Lipinski definition) is 3. The van der Waals surface area contributed by atoms with Crippen LogP contribution >= 0.6 is 11.6 Å². The largest absolute Gasteiger partial charge is 0.593 e. The van der Waals surface area contributed by atoms with Gasteiger partial charge in [0, 0.05) is 19.2 Å². The van der Waals surface area contributed by atoms with Crippen molar-refractivity contribution in [3.05, 3.63) is 29.0 Å². The van der Waals surface area contributed by atoms with Gasteiger partial charge in [0.1, 0.15) is 5.82 Å². The lowest BCUT2D eigenvalue weighted by molar-refractivity contribution is 0.263. The second-order valence-corrected chi connectivity index (χ2v) is 6.53. The van der Waals surface area contributed by atoms with Crippen molar-refractivity contribution in [2.75, 3.05) is 13.1 Å². The first-order chi connectivity index (χ1) is 8.66. The second kappa shape index (κ2) is 4.98. The van der Waals surface area contributed by atoms with Gasteiger partial charge in [0.15, 0.2) is 4.90 Å². The molecule has 98 valence electrons. The van der Waals surface area contributed by atoms with E-state index in [-0.39, 0.29) is 5.02 Å². The molecule has 2 aliphatic rings. The summed E-state index contributed by atoms with van der Waals surface area (Å²) in [5.41, 5.74) is 0. The average Bonchev–Trinajstić information content (AvgIpc) is 2.61. The maximum absolute atomic E-state index is 13.1. The molecule has 1 aromatic rings.